The Hall–Kier alpha value is -3.49. The predicted octanol–water partition coefficient (Wildman–Crippen LogP) is 1.73. The van der Waals surface area contributed by atoms with Gasteiger partial charge in [-0.1, -0.05) is 36.2 Å². The molecule has 9 heteroatoms. The Morgan fingerprint density at radius 1 is 1.14 bits per heavy atom. The van der Waals surface area contributed by atoms with Crippen LogP contribution in [0.2, 0.25) is 0 Å². The molecule has 1 amide bonds. The average molecular weight is 395 g/mol. The van der Waals surface area contributed by atoms with Crippen LogP contribution in [0.25, 0.3) is 11.5 Å². The minimum absolute atomic E-state index is 0.157. The van der Waals surface area contributed by atoms with Crippen molar-refractivity contribution in [3.8, 4) is 11.5 Å². The second-order valence-corrected chi connectivity index (χ2v) is 7.01. The van der Waals surface area contributed by atoms with E-state index in [1.165, 1.54) is 16.8 Å². The molecule has 0 aliphatic carbocycles. The number of carbonyl (C=O) groups is 1. The van der Waals surface area contributed by atoms with Crippen molar-refractivity contribution in [1.82, 2.24) is 24.6 Å². The number of H-pyrrole nitrogens is 1. The number of amides is 1. The first kappa shape index (κ1) is 18.9. The number of hydrogen-bond donors (Lipinski definition) is 1. The summed E-state index contributed by atoms with van der Waals surface area (Å²) in [4.78, 5) is 44.6. The highest BCUT2D eigenvalue weighted by atomic mass is 16.5. The van der Waals surface area contributed by atoms with E-state index < -0.39 is 11.2 Å². The first-order valence-corrected chi connectivity index (χ1v) is 9.60. The molecule has 0 spiro atoms. The summed E-state index contributed by atoms with van der Waals surface area (Å²) in [6.45, 7) is 0.395. The Labute approximate surface area is 166 Å². The van der Waals surface area contributed by atoms with E-state index in [0.29, 0.717) is 18.3 Å². The van der Waals surface area contributed by atoms with E-state index in [0.717, 1.165) is 31.2 Å². The topological polar surface area (TPSA) is 114 Å². The zero-order chi connectivity index (χ0) is 20.2. The van der Waals surface area contributed by atoms with Crippen molar-refractivity contribution >= 4 is 5.91 Å². The Morgan fingerprint density at radius 3 is 2.76 bits per heavy atom. The molecule has 4 rings (SSSR count). The molecule has 1 atom stereocenters. The molecular weight excluding hydrogens is 374 g/mol. The van der Waals surface area contributed by atoms with Gasteiger partial charge >= 0.3 is 5.69 Å². The van der Waals surface area contributed by atoms with Gasteiger partial charge in [-0.2, -0.15) is 4.98 Å². The van der Waals surface area contributed by atoms with E-state index in [1.807, 2.05) is 30.3 Å². The first-order valence-electron chi connectivity index (χ1n) is 9.60. The largest absolute Gasteiger partial charge is 0.334 e. The van der Waals surface area contributed by atoms with Crippen molar-refractivity contribution in [2.45, 2.75) is 38.3 Å². The molecule has 1 saturated heterocycles. The first-order chi connectivity index (χ1) is 14.1. The number of aromatic nitrogens is 4. The molecule has 150 valence electrons. The molecule has 1 aromatic carbocycles. The summed E-state index contributed by atoms with van der Waals surface area (Å²) in [6, 6.07) is 10.4. The van der Waals surface area contributed by atoms with Crippen LogP contribution in [-0.4, -0.2) is 37.0 Å². The minimum Gasteiger partial charge on any atom is -0.334 e. The number of aromatic amines is 1. The van der Waals surface area contributed by atoms with Gasteiger partial charge in [-0.15, -0.1) is 0 Å². The lowest BCUT2D eigenvalue weighted by atomic mass is 10.1. The van der Waals surface area contributed by atoms with Gasteiger partial charge in [-0.25, -0.2) is 4.79 Å². The van der Waals surface area contributed by atoms with Crippen LogP contribution in [-0.2, 0) is 11.3 Å². The SMILES string of the molecule is O=C(Cn1ccc(=O)[nH]c1=O)N1CCCCC[C@H]1c1noc(-c2ccccc2)n1. The quantitative estimate of drug-likeness (QED) is 0.720. The molecular formula is C20H21N5O4. The van der Waals surface area contributed by atoms with Gasteiger partial charge in [0.05, 0.1) is 6.04 Å². The third-order valence-electron chi connectivity index (χ3n) is 5.04. The van der Waals surface area contributed by atoms with E-state index in [4.69, 9.17) is 4.52 Å². The lowest BCUT2D eigenvalue weighted by Gasteiger charge is -2.28. The summed E-state index contributed by atoms with van der Waals surface area (Å²) < 4.78 is 6.62. The highest BCUT2D eigenvalue weighted by Gasteiger charge is 2.30. The number of likely N-dealkylation sites (tertiary alicyclic amines) is 1. The molecule has 9 nitrogen and oxygen atoms in total. The fraction of sp³-hybridized carbons (Fsp3) is 0.350. The second kappa shape index (κ2) is 8.26. The number of rotatable bonds is 4. The molecule has 0 radical (unpaired) electrons. The van der Waals surface area contributed by atoms with E-state index in [2.05, 4.69) is 15.1 Å². The molecule has 0 bridgehead atoms. The smallest absolute Gasteiger partial charge is 0.328 e. The molecule has 2 aromatic heterocycles. The van der Waals surface area contributed by atoms with Gasteiger partial charge in [0.2, 0.25) is 5.91 Å². The standard InChI is InChI=1S/C20H21N5O4/c26-16-10-12-24(20(28)21-16)13-17(27)25-11-6-2-5-9-15(25)18-22-19(29-23-18)14-7-3-1-4-8-14/h1,3-4,7-8,10,12,15H,2,5-6,9,11,13H2,(H,21,26,28)/t15-/m0/s1. The Kier molecular flexibility index (Phi) is 5.37. The summed E-state index contributed by atoms with van der Waals surface area (Å²) in [7, 11) is 0. The molecule has 1 fully saturated rings. The highest BCUT2D eigenvalue weighted by Crippen LogP contribution is 2.30. The Bertz CT molecular complexity index is 1100. The monoisotopic (exact) mass is 395 g/mol. The van der Waals surface area contributed by atoms with Crippen LogP contribution in [0.1, 0.15) is 37.5 Å². The van der Waals surface area contributed by atoms with Crippen molar-refractivity contribution < 1.29 is 9.32 Å². The van der Waals surface area contributed by atoms with Gasteiger partial charge in [0.1, 0.15) is 6.54 Å². The molecule has 29 heavy (non-hydrogen) atoms. The van der Waals surface area contributed by atoms with E-state index >= 15 is 0 Å². The van der Waals surface area contributed by atoms with Gasteiger partial charge in [0.15, 0.2) is 5.82 Å². The number of benzene rings is 1. The molecule has 0 unspecified atom stereocenters. The lowest BCUT2D eigenvalue weighted by molar-refractivity contribution is -0.134. The van der Waals surface area contributed by atoms with Gasteiger partial charge in [-0.05, 0) is 25.0 Å². The zero-order valence-electron chi connectivity index (χ0n) is 15.8. The molecule has 0 saturated carbocycles. The molecule has 1 aliphatic rings. The summed E-state index contributed by atoms with van der Waals surface area (Å²) in [5.74, 6) is 0.652. The van der Waals surface area contributed by atoms with Crippen molar-refractivity contribution in [2.75, 3.05) is 6.54 Å². The van der Waals surface area contributed by atoms with Crippen molar-refractivity contribution in [1.29, 1.82) is 0 Å². The number of nitrogens with zero attached hydrogens (tertiary/aromatic N) is 4. The molecule has 3 aromatic rings. The normalized spacial score (nSPS) is 17.1. The molecule has 1 N–H and O–H groups in total. The van der Waals surface area contributed by atoms with Crippen LogP contribution in [0.3, 0.4) is 0 Å². The maximum absolute atomic E-state index is 13.0. The fourth-order valence-corrected chi connectivity index (χ4v) is 3.55. The van der Waals surface area contributed by atoms with Crippen molar-refractivity contribution in [3.63, 3.8) is 0 Å². The average Bonchev–Trinajstić information content (AvgIpc) is 3.08. The van der Waals surface area contributed by atoms with Crippen LogP contribution in [0.5, 0.6) is 0 Å². The number of carbonyl (C=O) groups excluding carboxylic acids is 1. The van der Waals surface area contributed by atoms with Crippen molar-refractivity contribution in [2.24, 2.45) is 0 Å². The third kappa shape index (κ3) is 4.18. The summed E-state index contributed by atoms with van der Waals surface area (Å²) in [5.41, 5.74) is -0.285. The van der Waals surface area contributed by atoms with E-state index in [-0.39, 0.29) is 18.5 Å². The van der Waals surface area contributed by atoms with E-state index in [9.17, 15) is 14.4 Å². The van der Waals surface area contributed by atoms with Gasteiger partial charge in [0, 0.05) is 24.4 Å². The number of nitrogens with one attached hydrogen (secondary N) is 1. The second-order valence-electron chi connectivity index (χ2n) is 7.01. The van der Waals surface area contributed by atoms with Gasteiger partial charge in [0.25, 0.3) is 11.4 Å². The highest BCUT2D eigenvalue weighted by molar-refractivity contribution is 5.76. The minimum atomic E-state index is -0.608. The lowest BCUT2D eigenvalue weighted by Crippen LogP contribution is -2.40. The maximum Gasteiger partial charge on any atom is 0.328 e. The third-order valence-corrected chi connectivity index (χ3v) is 5.04. The van der Waals surface area contributed by atoms with Crippen LogP contribution < -0.4 is 11.2 Å². The van der Waals surface area contributed by atoms with Crippen LogP contribution in [0.15, 0.2) is 56.7 Å². The summed E-state index contributed by atoms with van der Waals surface area (Å²) in [5, 5.41) is 4.13. The number of hydrogen-bond acceptors (Lipinski definition) is 6. The van der Waals surface area contributed by atoms with Gasteiger partial charge < -0.3 is 9.42 Å². The maximum atomic E-state index is 13.0. The van der Waals surface area contributed by atoms with Crippen LogP contribution in [0, 0.1) is 0 Å². The predicted molar refractivity (Wildman–Crippen MR) is 104 cm³/mol. The van der Waals surface area contributed by atoms with Crippen LogP contribution >= 0.6 is 0 Å². The summed E-state index contributed by atoms with van der Waals surface area (Å²) in [6.07, 6.45) is 4.87. The van der Waals surface area contributed by atoms with Crippen LogP contribution in [0.4, 0.5) is 0 Å². The summed E-state index contributed by atoms with van der Waals surface area (Å²) >= 11 is 0. The molecule has 1 aliphatic heterocycles. The Balaban J connectivity index is 1.59. The van der Waals surface area contributed by atoms with Gasteiger partial charge in [-0.3, -0.25) is 19.1 Å². The van der Waals surface area contributed by atoms with Crippen molar-refractivity contribution in [3.05, 3.63) is 69.3 Å². The zero-order valence-corrected chi connectivity index (χ0v) is 15.8. The molecule has 3 heterocycles. The Morgan fingerprint density at radius 2 is 1.97 bits per heavy atom. The van der Waals surface area contributed by atoms with E-state index in [1.54, 1.807) is 4.90 Å². The fourth-order valence-electron chi connectivity index (χ4n) is 3.55.